The molecule has 0 radical (unpaired) electrons. The third-order valence-corrected chi connectivity index (χ3v) is 7.99. The second-order valence-electron chi connectivity index (χ2n) is 9.72. The van der Waals surface area contributed by atoms with E-state index in [2.05, 4.69) is 29.0 Å². The Morgan fingerprint density at radius 2 is 1.54 bits per heavy atom. The zero-order valence-corrected chi connectivity index (χ0v) is 16.1. The highest BCUT2D eigenvalue weighted by molar-refractivity contribution is 4.99. The summed E-state index contributed by atoms with van der Waals surface area (Å²) in [6.45, 7) is 12.8. The van der Waals surface area contributed by atoms with Crippen LogP contribution in [0.5, 0.6) is 0 Å². The molecule has 3 heterocycles. The molecule has 1 atom stereocenters. The molecule has 0 aromatic heterocycles. The monoisotopic (exact) mass is 333 g/mol. The van der Waals surface area contributed by atoms with Gasteiger partial charge in [0.15, 0.2) is 0 Å². The fourth-order valence-corrected chi connectivity index (χ4v) is 6.06. The van der Waals surface area contributed by atoms with Gasteiger partial charge in [-0.15, -0.1) is 0 Å². The first kappa shape index (κ1) is 17.3. The molecule has 1 unspecified atom stereocenters. The van der Waals surface area contributed by atoms with Gasteiger partial charge in [0.2, 0.25) is 0 Å². The predicted molar refractivity (Wildman–Crippen MR) is 101 cm³/mol. The topological polar surface area (TPSA) is 18.5 Å². The predicted octanol–water partition coefficient (Wildman–Crippen LogP) is 3.35. The summed E-state index contributed by atoms with van der Waals surface area (Å²) in [4.78, 5) is 5.65. The number of nitrogens with zero attached hydrogens (tertiary/aromatic N) is 2. The molecule has 3 heteroatoms. The lowest BCUT2D eigenvalue weighted by atomic mass is 9.55. The Hall–Kier alpha value is -0.120. The van der Waals surface area contributed by atoms with Crippen LogP contribution in [0.25, 0.3) is 0 Å². The largest absolute Gasteiger partial charge is 0.315 e. The fourth-order valence-electron chi connectivity index (χ4n) is 6.06. The lowest BCUT2D eigenvalue weighted by Crippen LogP contribution is -2.55. The van der Waals surface area contributed by atoms with Crippen molar-refractivity contribution in [3.8, 4) is 0 Å². The maximum Gasteiger partial charge on any atom is 0.0221 e. The maximum atomic E-state index is 3.59. The van der Waals surface area contributed by atoms with E-state index in [0.717, 1.165) is 29.3 Å². The molecule has 3 saturated heterocycles. The molecule has 0 aromatic carbocycles. The van der Waals surface area contributed by atoms with E-state index in [1.54, 1.807) is 0 Å². The molecule has 0 bridgehead atoms. The first-order valence-corrected chi connectivity index (χ1v) is 10.8. The molecule has 0 aromatic rings. The Morgan fingerprint density at radius 1 is 0.875 bits per heavy atom. The summed E-state index contributed by atoms with van der Waals surface area (Å²) in [6, 6.07) is 1.71. The SMILES string of the molecule is CC(C)C1CC2(CCN(C3CCN(C4CCCNC4)CC3)CC2)C1. The average molecular weight is 334 g/mol. The van der Waals surface area contributed by atoms with Crippen LogP contribution in [-0.4, -0.2) is 61.2 Å². The lowest BCUT2D eigenvalue weighted by Gasteiger charge is -2.55. The van der Waals surface area contributed by atoms with Crippen LogP contribution in [0.15, 0.2) is 0 Å². The summed E-state index contributed by atoms with van der Waals surface area (Å²) in [5, 5.41) is 3.59. The number of hydrogen-bond donors (Lipinski definition) is 1. The van der Waals surface area contributed by atoms with Crippen molar-refractivity contribution in [2.24, 2.45) is 17.3 Å². The van der Waals surface area contributed by atoms with Gasteiger partial charge in [-0.05, 0) is 101 Å². The summed E-state index contributed by atoms with van der Waals surface area (Å²) in [5.74, 6) is 1.94. The number of piperidine rings is 3. The van der Waals surface area contributed by atoms with Crippen LogP contribution in [0.2, 0.25) is 0 Å². The van der Waals surface area contributed by atoms with Gasteiger partial charge in [0.25, 0.3) is 0 Å². The minimum absolute atomic E-state index is 0.764. The van der Waals surface area contributed by atoms with E-state index in [4.69, 9.17) is 0 Å². The first-order chi connectivity index (χ1) is 11.7. The molecule has 3 nitrogen and oxygen atoms in total. The van der Waals surface area contributed by atoms with Crippen molar-refractivity contribution in [2.75, 3.05) is 39.3 Å². The summed E-state index contributed by atoms with van der Waals surface area (Å²) in [5.41, 5.74) is 0.764. The van der Waals surface area contributed by atoms with Crippen molar-refractivity contribution in [1.29, 1.82) is 0 Å². The van der Waals surface area contributed by atoms with Crippen LogP contribution in [0.3, 0.4) is 0 Å². The molecular weight excluding hydrogens is 294 g/mol. The highest BCUT2D eigenvalue weighted by Gasteiger charge is 2.47. The second-order valence-corrected chi connectivity index (χ2v) is 9.72. The first-order valence-electron chi connectivity index (χ1n) is 10.8. The van der Waals surface area contributed by atoms with Gasteiger partial charge in [-0.25, -0.2) is 0 Å². The van der Waals surface area contributed by atoms with Crippen LogP contribution in [0.1, 0.15) is 65.2 Å². The van der Waals surface area contributed by atoms with E-state index in [1.165, 1.54) is 90.6 Å². The molecule has 1 spiro atoms. The standard InChI is InChI=1S/C21H39N3/c1-17(2)18-14-21(15-18)7-12-24(13-8-21)19-5-10-23(11-6-19)20-4-3-9-22-16-20/h17-20,22H,3-16H2,1-2H3. The van der Waals surface area contributed by atoms with Gasteiger partial charge in [0, 0.05) is 18.6 Å². The summed E-state index contributed by atoms with van der Waals surface area (Å²) < 4.78 is 0. The lowest BCUT2D eigenvalue weighted by molar-refractivity contribution is -0.0471. The minimum Gasteiger partial charge on any atom is -0.315 e. The third-order valence-electron chi connectivity index (χ3n) is 7.99. The number of nitrogens with one attached hydrogen (secondary N) is 1. The molecule has 0 amide bonds. The van der Waals surface area contributed by atoms with Crippen molar-refractivity contribution < 1.29 is 0 Å². The molecule has 1 saturated carbocycles. The fraction of sp³-hybridized carbons (Fsp3) is 1.00. The van der Waals surface area contributed by atoms with E-state index in [0.29, 0.717) is 0 Å². The van der Waals surface area contributed by atoms with Gasteiger partial charge in [-0.3, -0.25) is 4.90 Å². The van der Waals surface area contributed by atoms with E-state index < -0.39 is 0 Å². The van der Waals surface area contributed by atoms with Gasteiger partial charge in [-0.2, -0.15) is 0 Å². The van der Waals surface area contributed by atoms with Gasteiger partial charge >= 0.3 is 0 Å². The molecule has 4 rings (SSSR count). The quantitative estimate of drug-likeness (QED) is 0.854. The van der Waals surface area contributed by atoms with Crippen molar-refractivity contribution in [1.82, 2.24) is 15.1 Å². The van der Waals surface area contributed by atoms with E-state index in [9.17, 15) is 0 Å². The number of likely N-dealkylation sites (tertiary alicyclic amines) is 2. The van der Waals surface area contributed by atoms with Crippen molar-refractivity contribution in [2.45, 2.75) is 77.3 Å². The van der Waals surface area contributed by atoms with E-state index in [1.807, 2.05) is 0 Å². The minimum atomic E-state index is 0.764. The molecule has 138 valence electrons. The van der Waals surface area contributed by atoms with Crippen LogP contribution < -0.4 is 5.32 Å². The van der Waals surface area contributed by atoms with Gasteiger partial charge < -0.3 is 10.2 Å². The Labute approximate surface area is 149 Å². The smallest absolute Gasteiger partial charge is 0.0221 e. The Balaban J connectivity index is 1.20. The molecule has 24 heavy (non-hydrogen) atoms. The van der Waals surface area contributed by atoms with E-state index in [-0.39, 0.29) is 0 Å². The van der Waals surface area contributed by atoms with Crippen molar-refractivity contribution in [3.05, 3.63) is 0 Å². The van der Waals surface area contributed by atoms with Crippen LogP contribution in [0.4, 0.5) is 0 Å². The van der Waals surface area contributed by atoms with Crippen LogP contribution >= 0.6 is 0 Å². The number of hydrogen-bond acceptors (Lipinski definition) is 3. The van der Waals surface area contributed by atoms with Gasteiger partial charge in [0.05, 0.1) is 0 Å². The molecule has 4 aliphatic rings. The zero-order valence-electron chi connectivity index (χ0n) is 16.1. The normalized spacial score (nSPS) is 33.9. The van der Waals surface area contributed by atoms with Crippen LogP contribution in [0, 0.1) is 17.3 Å². The summed E-state index contributed by atoms with van der Waals surface area (Å²) in [6.07, 6.45) is 11.7. The molecule has 3 aliphatic heterocycles. The zero-order chi connectivity index (χ0) is 16.6. The van der Waals surface area contributed by atoms with Crippen LogP contribution in [-0.2, 0) is 0 Å². The number of rotatable bonds is 3. The van der Waals surface area contributed by atoms with Gasteiger partial charge in [-0.1, -0.05) is 13.8 Å². The molecule has 4 fully saturated rings. The van der Waals surface area contributed by atoms with E-state index >= 15 is 0 Å². The summed E-state index contributed by atoms with van der Waals surface area (Å²) >= 11 is 0. The second kappa shape index (κ2) is 7.25. The highest BCUT2D eigenvalue weighted by atomic mass is 15.2. The Morgan fingerprint density at radius 3 is 2.12 bits per heavy atom. The average Bonchev–Trinajstić information content (AvgIpc) is 2.60. The third kappa shape index (κ3) is 3.54. The highest BCUT2D eigenvalue weighted by Crippen LogP contribution is 2.55. The molecule has 1 aliphatic carbocycles. The molecule has 1 N–H and O–H groups in total. The Kier molecular flexibility index (Phi) is 5.22. The summed E-state index contributed by atoms with van der Waals surface area (Å²) in [7, 11) is 0. The maximum absolute atomic E-state index is 3.59. The van der Waals surface area contributed by atoms with Gasteiger partial charge in [0.1, 0.15) is 0 Å². The molecular formula is C21H39N3. The van der Waals surface area contributed by atoms with Crippen molar-refractivity contribution in [3.63, 3.8) is 0 Å². The Bertz CT molecular complexity index is 391. The van der Waals surface area contributed by atoms with Crippen molar-refractivity contribution >= 4 is 0 Å².